The van der Waals surface area contributed by atoms with E-state index in [-0.39, 0.29) is 12.2 Å². The van der Waals surface area contributed by atoms with E-state index in [1.807, 2.05) is 19.1 Å². The van der Waals surface area contributed by atoms with E-state index in [9.17, 15) is 18.0 Å². The molecular formula is C21H20F3N3O2. The number of nitrogens with zero attached hydrogens (tertiary/aromatic N) is 2. The van der Waals surface area contributed by atoms with Gasteiger partial charge >= 0.3 is 6.18 Å². The number of ether oxygens (including phenoxy) is 1. The van der Waals surface area contributed by atoms with Crippen molar-refractivity contribution >= 4 is 5.91 Å². The number of benzene rings is 2. The highest BCUT2D eigenvalue weighted by atomic mass is 19.4. The maximum absolute atomic E-state index is 13.7. The van der Waals surface area contributed by atoms with Gasteiger partial charge in [0.1, 0.15) is 5.75 Å². The maximum Gasteiger partial charge on any atom is 0.434 e. The van der Waals surface area contributed by atoms with Crippen LogP contribution in [0.4, 0.5) is 13.2 Å². The molecule has 0 unspecified atom stereocenters. The standard InChI is InChI=1S/C21H20F3N3O2/c1-14-3-7-16(8-4-14)27-19(21(22,23)24)18(13-26-27)20(28)25-12-11-15-5-9-17(29-2)10-6-15/h3-10,13H,11-12H2,1-2H3,(H,25,28). The number of carbonyl (C=O) groups is 1. The Morgan fingerprint density at radius 3 is 2.34 bits per heavy atom. The van der Waals surface area contributed by atoms with Crippen molar-refractivity contribution in [2.75, 3.05) is 13.7 Å². The Morgan fingerprint density at radius 2 is 1.76 bits per heavy atom. The number of hydrogen-bond donors (Lipinski definition) is 1. The normalized spacial score (nSPS) is 11.3. The fourth-order valence-electron chi connectivity index (χ4n) is 2.88. The van der Waals surface area contributed by atoms with E-state index in [1.54, 1.807) is 31.4 Å². The lowest BCUT2D eigenvalue weighted by molar-refractivity contribution is -0.143. The summed E-state index contributed by atoms with van der Waals surface area (Å²) < 4.78 is 46.8. The third-order valence-electron chi connectivity index (χ3n) is 4.42. The quantitative estimate of drug-likeness (QED) is 0.672. The summed E-state index contributed by atoms with van der Waals surface area (Å²) in [4.78, 5) is 12.4. The van der Waals surface area contributed by atoms with Gasteiger partial charge in [0, 0.05) is 6.54 Å². The van der Waals surface area contributed by atoms with E-state index >= 15 is 0 Å². The van der Waals surface area contributed by atoms with Crippen molar-refractivity contribution in [3.63, 3.8) is 0 Å². The summed E-state index contributed by atoms with van der Waals surface area (Å²) in [5.41, 5.74) is 0.472. The molecule has 5 nitrogen and oxygen atoms in total. The summed E-state index contributed by atoms with van der Waals surface area (Å²) >= 11 is 0. The predicted octanol–water partition coefficient (Wildman–Crippen LogP) is 4.18. The molecule has 1 amide bonds. The average molecular weight is 403 g/mol. The average Bonchev–Trinajstić information content (AvgIpc) is 3.15. The molecule has 0 spiro atoms. The van der Waals surface area contributed by atoms with Crippen molar-refractivity contribution in [2.24, 2.45) is 0 Å². The second-order valence-electron chi connectivity index (χ2n) is 6.51. The number of rotatable bonds is 6. The van der Waals surface area contributed by atoms with Crippen LogP contribution in [-0.4, -0.2) is 29.3 Å². The number of carbonyl (C=O) groups excluding carboxylic acids is 1. The Hall–Kier alpha value is -3.29. The second kappa shape index (κ2) is 8.38. The number of halogens is 3. The molecule has 0 aliphatic rings. The van der Waals surface area contributed by atoms with Gasteiger partial charge in [0.05, 0.1) is 24.6 Å². The minimum absolute atomic E-state index is 0.193. The van der Waals surface area contributed by atoms with E-state index in [0.717, 1.165) is 22.0 Å². The van der Waals surface area contributed by atoms with E-state index in [1.165, 1.54) is 12.1 Å². The minimum Gasteiger partial charge on any atom is -0.497 e. The van der Waals surface area contributed by atoms with Gasteiger partial charge in [-0.15, -0.1) is 0 Å². The summed E-state index contributed by atoms with van der Waals surface area (Å²) in [5.74, 6) is -0.111. The number of hydrogen-bond acceptors (Lipinski definition) is 3. The van der Waals surface area contributed by atoms with Gasteiger partial charge in [-0.1, -0.05) is 29.8 Å². The van der Waals surface area contributed by atoms with Crippen LogP contribution in [0.1, 0.15) is 27.2 Å². The van der Waals surface area contributed by atoms with Gasteiger partial charge in [0.2, 0.25) is 0 Å². The van der Waals surface area contributed by atoms with Crippen LogP contribution in [-0.2, 0) is 12.6 Å². The SMILES string of the molecule is COc1ccc(CCNC(=O)c2cnn(-c3ccc(C)cc3)c2C(F)(F)F)cc1. The smallest absolute Gasteiger partial charge is 0.434 e. The van der Waals surface area contributed by atoms with Gasteiger partial charge in [0.15, 0.2) is 5.69 Å². The molecule has 0 atom stereocenters. The van der Waals surface area contributed by atoms with E-state index in [4.69, 9.17) is 4.74 Å². The Balaban J connectivity index is 1.76. The first-order chi connectivity index (χ1) is 13.8. The second-order valence-corrected chi connectivity index (χ2v) is 6.51. The summed E-state index contributed by atoms with van der Waals surface area (Å²) in [5, 5.41) is 6.35. The van der Waals surface area contributed by atoms with Gasteiger partial charge in [-0.05, 0) is 43.2 Å². The van der Waals surface area contributed by atoms with Crippen LogP contribution in [0.15, 0.2) is 54.7 Å². The molecule has 0 saturated carbocycles. The molecule has 0 aliphatic heterocycles. The molecule has 0 fully saturated rings. The largest absolute Gasteiger partial charge is 0.497 e. The molecule has 1 aromatic heterocycles. The van der Waals surface area contributed by atoms with Gasteiger partial charge in [-0.2, -0.15) is 18.3 Å². The third kappa shape index (κ3) is 4.77. The lowest BCUT2D eigenvalue weighted by Gasteiger charge is -2.13. The number of amides is 1. The van der Waals surface area contributed by atoms with Crippen LogP contribution in [0, 0.1) is 6.92 Å². The number of methoxy groups -OCH3 is 1. The zero-order valence-electron chi connectivity index (χ0n) is 16.0. The molecule has 1 heterocycles. The molecule has 0 bridgehead atoms. The predicted molar refractivity (Wildman–Crippen MR) is 102 cm³/mol. The number of aryl methyl sites for hydroxylation is 1. The van der Waals surface area contributed by atoms with Crippen LogP contribution in [0.25, 0.3) is 5.69 Å². The van der Waals surface area contributed by atoms with Gasteiger partial charge in [-0.25, -0.2) is 4.68 Å². The van der Waals surface area contributed by atoms with Gasteiger partial charge in [-0.3, -0.25) is 4.79 Å². The van der Waals surface area contributed by atoms with Crippen LogP contribution in [0.3, 0.4) is 0 Å². The number of nitrogens with one attached hydrogen (secondary N) is 1. The molecule has 3 rings (SSSR count). The van der Waals surface area contributed by atoms with Crippen molar-refractivity contribution < 1.29 is 22.7 Å². The maximum atomic E-state index is 13.7. The van der Waals surface area contributed by atoms with E-state index in [0.29, 0.717) is 12.2 Å². The van der Waals surface area contributed by atoms with Gasteiger partial charge < -0.3 is 10.1 Å². The number of alkyl halides is 3. The Morgan fingerprint density at radius 1 is 1.10 bits per heavy atom. The van der Waals surface area contributed by atoms with Crippen molar-refractivity contribution in [1.82, 2.24) is 15.1 Å². The first kappa shape index (κ1) is 20.4. The minimum atomic E-state index is -4.73. The molecule has 152 valence electrons. The Labute approximate surface area is 166 Å². The first-order valence-corrected chi connectivity index (χ1v) is 8.93. The zero-order chi connectivity index (χ0) is 21.0. The van der Waals surface area contributed by atoms with Crippen molar-refractivity contribution in [3.8, 4) is 11.4 Å². The molecule has 0 saturated heterocycles. The van der Waals surface area contributed by atoms with Crippen molar-refractivity contribution in [1.29, 1.82) is 0 Å². The molecule has 1 N–H and O–H groups in total. The molecule has 0 aliphatic carbocycles. The van der Waals surface area contributed by atoms with E-state index < -0.39 is 23.3 Å². The summed E-state index contributed by atoms with van der Waals surface area (Å²) in [7, 11) is 1.56. The lowest BCUT2D eigenvalue weighted by atomic mass is 10.1. The molecule has 2 aromatic carbocycles. The van der Waals surface area contributed by atoms with Crippen molar-refractivity contribution in [2.45, 2.75) is 19.5 Å². The highest BCUT2D eigenvalue weighted by Crippen LogP contribution is 2.33. The highest BCUT2D eigenvalue weighted by Gasteiger charge is 2.40. The zero-order valence-corrected chi connectivity index (χ0v) is 16.0. The molecular weight excluding hydrogens is 383 g/mol. The topological polar surface area (TPSA) is 56.1 Å². The lowest BCUT2D eigenvalue weighted by Crippen LogP contribution is -2.28. The number of aromatic nitrogens is 2. The molecule has 8 heteroatoms. The van der Waals surface area contributed by atoms with Crippen LogP contribution < -0.4 is 10.1 Å². The van der Waals surface area contributed by atoms with Crippen molar-refractivity contribution in [3.05, 3.63) is 77.1 Å². The van der Waals surface area contributed by atoms with Crippen LogP contribution in [0.2, 0.25) is 0 Å². The van der Waals surface area contributed by atoms with E-state index in [2.05, 4.69) is 10.4 Å². The fraction of sp³-hybridized carbons (Fsp3) is 0.238. The monoisotopic (exact) mass is 403 g/mol. The van der Waals surface area contributed by atoms with Crippen LogP contribution >= 0.6 is 0 Å². The summed E-state index contributed by atoms with van der Waals surface area (Å²) in [6.07, 6.45) is -3.31. The highest BCUT2D eigenvalue weighted by molar-refractivity contribution is 5.95. The fourth-order valence-corrected chi connectivity index (χ4v) is 2.88. The summed E-state index contributed by atoms with van der Waals surface area (Å²) in [6, 6.07) is 13.7. The Kier molecular flexibility index (Phi) is 5.91. The Bertz CT molecular complexity index is 978. The van der Waals surface area contributed by atoms with Crippen LogP contribution in [0.5, 0.6) is 5.75 Å². The molecule has 0 radical (unpaired) electrons. The molecule has 3 aromatic rings. The third-order valence-corrected chi connectivity index (χ3v) is 4.42. The van der Waals surface area contributed by atoms with Gasteiger partial charge in [0.25, 0.3) is 5.91 Å². The molecule has 29 heavy (non-hydrogen) atoms. The summed E-state index contributed by atoms with van der Waals surface area (Å²) in [6.45, 7) is 2.03. The first-order valence-electron chi connectivity index (χ1n) is 8.93.